The van der Waals surface area contributed by atoms with Crippen LogP contribution >= 0.6 is 11.3 Å². The van der Waals surface area contributed by atoms with E-state index in [2.05, 4.69) is 0 Å². The summed E-state index contributed by atoms with van der Waals surface area (Å²) in [6.07, 6.45) is 1.89. The van der Waals surface area contributed by atoms with Crippen LogP contribution < -0.4 is 0 Å². The molecule has 0 fully saturated rings. The van der Waals surface area contributed by atoms with Crippen molar-refractivity contribution in [3.8, 4) is 0 Å². The summed E-state index contributed by atoms with van der Waals surface area (Å²) in [6.45, 7) is 0.492. The molecule has 0 unspecified atom stereocenters. The van der Waals surface area contributed by atoms with Crippen LogP contribution in [0.5, 0.6) is 0 Å². The molecule has 1 rings (SSSR count). The molecule has 5 heteroatoms. The summed E-state index contributed by atoms with van der Waals surface area (Å²) in [5.41, 5.74) is 1.04. The lowest BCUT2D eigenvalue weighted by atomic mass is 10.3. The van der Waals surface area contributed by atoms with Gasteiger partial charge in [-0.05, 0) is 22.4 Å². The topological polar surface area (TPSA) is 57.6 Å². The molecule has 1 heterocycles. The second-order valence-corrected chi connectivity index (χ2v) is 3.78. The highest BCUT2D eigenvalue weighted by molar-refractivity contribution is 7.07. The van der Waals surface area contributed by atoms with Gasteiger partial charge in [-0.1, -0.05) is 0 Å². The smallest absolute Gasteiger partial charge is 0.328 e. The van der Waals surface area contributed by atoms with E-state index in [0.29, 0.717) is 6.54 Å². The number of carbonyl (C=O) groups excluding carboxylic acids is 1. The van der Waals surface area contributed by atoms with E-state index < -0.39 is 5.97 Å². The lowest BCUT2D eigenvalue weighted by Gasteiger charge is -2.13. The molecule has 15 heavy (non-hydrogen) atoms. The molecule has 0 atom stereocenters. The highest BCUT2D eigenvalue weighted by Gasteiger charge is 2.06. The molecule has 0 aliphatic carbocycles. The van der Waals surface area contributed by atoms with Gasteiger partial charge in [0.25, 0.3) is 0 Å². The van der Waals surface area contributed by atoms with Crippen molar-refractivity contribution in [2.45, 2.75) is 6.54 Å². The predicted molar refractivity (Wildman–Crippen MR) is 57.6 cm³/mol. The number of amides is 1. The molecule has 1 amide bonds. The molecule has 0 saturated carbocycles. The fraction of sp³-hybridized carbons (Fsp3) is 0.200. The molecule has 0 aromatic carbocycles. The molecular formula is C10H11NO3S. The van der Waals surface area contributed by atoms with E-state index in [1.54, 1.807) is 18.4 Å². The first-order valence-corrected chi connectivity index (χ1v) is 5.21. The van der Waals surface area contributed by atoms with Gasteiger partial charge in [0.05, 0.1) is 0 Å². The maximum atomic E-state index is 11.4. The van der Waals surface area contributed by atoms with E-state index in [1.165, 1.54) is 4.90 Å². The van der Waals surface area contributed by atoms with Crippen LogP contribution in [0.15, 0.2) is 29.0 Å². The number of carboxylic acid groups (broad SMARTS) is 1. The van der Waals surface area contributed by atoms with E-state index in [0.717, 1.165) is 17.7 Å². The second kappa shape index (κ2) is 5.31. The Hall–Kier alpha value is -1.62. The molecule has 0 aliphatic rings. The Labute approximate surface area is 91.4 Å². The van der Waals surface area contributed by atoms with Gasteiger partial charge in [0.2, 0.25) is 5.91 Å². The van der Waals surface area contributed by atoms with Gasteiger partial charge >= 0.3 is 5.97 Å². The molecular weight excluding hydrogens is 214 g/mol. The lowest BCUT2D eigenvalue weighted by Crippen LogP contribution is -2.24. The van der Waals surface area contributed by atoms with Crippen molar-refractivity contribution in [3.05, 3.63) is 34.5 Å². The Morgan fingerprint density at radius 1 is 1.53 bits per heavy atom. The number of nitrogens with zero attached hydrogens (tertiary/aromatic N) is 1. The largest absolute Gasteiger partial charge is 0.478 e. The Morgan fingerprint density at radius 3 is 2.80 bits per heavy atom. The Morgan fingerprint density at radius 2 is 2.27 bits per heavy atom. The fourth-order valence-corrected chi connectivity index (χ4v) is 1.66. The van der Waals surface area contributed by atoms with Crippen LogP contribution in [0.3, 0.4) is 0 Å². The van der Waals surface area contributed by atoms with E-state index in [4.69, 9.17) is 5.11 Å². The number of likely N-dealkylation sites (N-methyl/N-ethyl adjacent to an activating group) is 1. The van der Waals surface area contributed by atoms with Crippen LogP contribution in [0.4, 0.5) is 0 Å². The Kier molecular flexibility index (Phi) is 4.05. The van der Waals surface area contributed by atoms with Crippen LogP contribution in [-0.4, -0.2) is 28.9 Å². The number of carboxylic acids is 1. The average Bonchev–Trinajstić information content (AvgIpc) is 2.66. The Bertz CT molecular complexity index is 370. The minimum absolute atomic E-state index is 0.316. The van der Waals surface area contributed by atoms with E-state index >= 15 is 0 Å². The van der Waals surface area contributed by atoms with Crippen LogP contribution in [-0.2, 0) is 16.1 Å². The monoisotopic (exact) mass is 225 g/mol. The van der Waals surface area contributed by atoms with Crippen LogP contribution in [0.25, 0.3) is 0 Å². The number of hydrogen-bond acceptors (Lipinski definition) is 3. The number of rotatable bonds is 4. The number of thiophene rings is 1. The second-order valence-electron chi connectivity index (χ2n) is 3.00. The molecule has 0 radical (unpaired) electrons. The summed E-state index contributed by atoms with van der Waals surface area (Å²) in [5.74, 6) is -1.43. The molecule has 1 aromatic heterocycles. The summed E-state index contributed by atoms with van der Waals surface area (Å²) in [4.78, 5) is 23.0. The van der Waals surface area contributed by atoms with Crippen molar-refractivity contribution in [1.29, 1.82) is 0 Å². The maximum absolute atomic E-state index is 11.4. The molecule has 0 aliphatic heterocycles. The van der Waals surface area contributed by atoms with Gasteiger partial charge in [-0.15, -0.1) is 0 Å². The summed E-state index contributed by atoms with van der Waals surface area (Å²) < 4.78 is 0. The number of carbonyl (C=O) groups is 2. The van der Waals surface area contributed by atoms with Crippen molar-refractivity contribution in [2.24, 2.45) is 0 Å². The minimum Gasteiger partial charge on any atom is -0.478 e. The van der Waals surface area contributed by atoms with Crippen molar-refractivity contribution < 1.29 is 14.7 Å². The fourth-order valence-electron chi connectivity index (χ4n) is 1.00. The molecule has 1 N–H and O–H groups in total. The predicted octanol–water partition coefficient (Wildman–Crippen LogP) is 1.35. The highest BCUT2D eigenvalue weighted by atomic mass is 32.1. The average molecular weight is 225 g/mol. The van der Waals surface area contributed by atoms with Gasteiger partial charge in [-0.3, -0.25) is 4.79 Å². The summed E-state index contributed by atoms with van der Waals surface area (Å²) in [6, 6.07) is 1.93. The number of aliphatic carboxylic acids is 1. The van der Waals surface area contributed by atoms with Crippen molar-refractivity contribution >= 4 is 23.2 Å². The lowest BCUT2D eigenvalue weighted by molar-refractivity contribution is -0.132. The minimum atomic E-state index is -1.12. The third-order valence-electron chi connectivity index (χ3n) is 1.74. The van der Waals surface area contributed by atoms with E-state index in [1.807, 2.05) is 16.8 Å². The van der Waals surface area contributed by atoms with Crippen molar-refractivity contribution in [3.63, 3.8) is 0 Å². The number of hydrogen-bond donors (Lipinski definition) is 1. The standard InChI is InChI=1S/C10H11NO3S/c1-11(6-8-4-5-15-7-8)9(12)2-3-10(13)14/h2-5,7H,6H2,1H3,(H,13,14)/b3-2+. The first-order chi connectivity index (χ1) is 7.09. The van der Waals surface area contributed by atoms with Gasteiger partial charge in [0, 0.05) is 25.7 Å². The zero-order chi connectivity index (χ0) is 11.3. The molecule has 0 spiro atoms. The van der Waals surface area contributed by atoms with E-state index in [-0.39, 0.29) is 5.91 Å². The van der Waals surface area contributed by atoms with Crippen molar-refractivity contribution in [2.75, 3.05) is 7.05 Å². The van der Waals surface area contributed by atoms with Gasteiger partial charge in [-0.25, -0.2) is 4.79 Å². The summed E-state index contributed by atoms with van der Waals surface area (Å²) in [7, 11) is 1.63. The van der Waals surface area contributed by atoms with E-state index in [9.17, 15) is 9.59 Å². The first kappa shape index (κ1) is 11.5. The van der Waals surface area contributed by atoms with Gasteiger partial charge in [0.1, 0.15) is 0 Å². The third kappa shape index (κ3) is 3.95. The molecule has 80 valence electrons. The quantitative estimate of drug-likeness (QED) is 0.787. The third-order valence-corrected chi connectivity index (χ3v) is 2.48. The molecule has 4 nitrogen and oxygen atoms in total. The first-order valence-electron chi connectivity index (χ1n) is 4.27. The van der Waals surface area contributed by atoms with Gasteiger partial charge < -0.3 is 10.0 Å². The van der Waals surface area contributed by atoms with Crippen LogP contribution in [0.1, 0.15) is 5.56 Å². The zero-order valence-corrected chi connectivity index (χ0v) is 9.03. The molecule has 0 saturated heterocycles. The Balaban J connectivity index is 2.50. The van der Waals surface area contributed by atoms with Gasteiger partial charge in [-0.2, -0.15) is 11.3 Å². The summed E-state index contributed by atoms with van der Waals surface area (Å²) in [5, 5.41) is 12.2. The normalized spacial score (nSPS) is 10.5. The maximum Gasteiger partial charge on any atom is 0.328 e. The van der Waals surface area contributed by atoms with Crippen LogP contribution in [0, 0.1) is 0 Å². The van der Waals surface area contributed by atoms with Gasteiger partial charge in [0.15, 0.2) is 0 Å². The molecule has 1 aromatic rings. The van der Waals surface area contributed by atoms with Crippen molar-refractivity contribution in [1.82, 2.24) is 4.90 Å². The zero-order valence-electron chi connectivity index (χ0n) is 8.21. The summed E-state index contributed by atoms with van der Waals surface area (Å²) >= 11 is 1.56. The molecule has 0 bridgehead atoms. The van der Waals surface area contributed by atoms with Crippen LogP contribution in [0.2, 0.25) is 0 Å². The highest BCUT2D eigenvalue weighted by Crippen LogP contribution is 2.08. The SMILES string of the molecule is CN(Cc1ccsc1)C(=O)/C=C/C(=O)O.